The summed E-state index contributed by atoms with van der Waals surface area (Å²) in [6, 6.07) is 0. The molecule has 1 rings (SSSR count). The zero-order valence-electron chi connectivity index (χ0n) is 10.6. The number of nitrogens with zero attached hydrogens (tertiary/aromatic N) is 1. The second kappa shape index (κ2) is 4.65. The van der Waals surface area contributed by atoms with Crippen LogP contribution < -0.4 is 0 Å². The minimum Gasteiger partial charge on any atom is -0.306 e. The number of likely N-dealkylation sites (tertiary alicyclic amines) is 1. The first-order valence-electron chi connectivity index (χ1n) is 6.10. The van der Waals surface area contributed by atoms with E-state index in [-0.39, 0.29) is 0 Å². The Balaban J connectivity index is 2.46. The molecule has 1 aliphatic rings. The van der Waals surface area contributed by atoms with Crippen LogP contribution in [0.15, 0.2) is 0 Å². The maximum atomic E-state index is 2.46. The molecule has 1 heteroatoms. The van der Waals surface area contributed by atoms with Crippen LogP contribution in [0.25, 0.3) is 0 Å². The minimum absolute atomic E-state index is 0.551. The molecule has 1 aliphatic heterocycles. The second-order valence-corrected chi connectivity index (χ2v) is 6.16. The minimum atomic E-state index is 0.551. The normalized spacial score (nSPS) is 21.9. The average Bonchev–Trinajstić information content (AvgIpc) is 2.02. The summed E-state index contributed by atoms with van der Waals surface area (Å²) in [4.78, 5) is 2.46. The highest BCUT2D eigenvalue weighted by Crippen LogP contribution is 2.39. The summed E-state index contributed by atoms with van der Waals surface area (Å²) in [5.74, 6) is 1.78. The van der Waals surface area contributed by atoms with Gasteiger partial charge in [-0.15, -0.1) is 0 Å². The van der Waals surface area contributed by atoms with Crippen molar-refractivity contribution in [1.29, 1.82) is 0 Å². The van der Waals surface area contributed by atoms with Crippen LogP contribution in [0.2, 0.25) is 0 Å². The van der Waals surface area contributed by atoms with Crippen molar-refractivity contribution in [3.8, 4) is 0 Å². The topological polar surface area (TPSA) is 3.24 Å². The SMILES string of the molecule is CC(C)CC(C)(C)C1CCN(C)CC1. The van der Waals surface area contributed by atoms with Crippen LogP contribution in [0.3, 0.4) is 0 Å². The molecule has 0 aromatic rings. The number of rotatable bonds is 3. The molecular weight excluding hydrogens is 170 g/mol. The zero-order valence-corrected chi connectivity index (χ0v) is 10.6. The van der Waals surface area contributed by atoms with Gasteiger partial charge in [0.2, 0.25) is 0 Å². The van der Waals surface area contributed by atoms with Gasteiger partial charge < -0.3 is 4.90 Å². The van der Waals surface area contributed by atoms with Gasteiger partial charge in [-0.3, -0.25) is 0 Å². The molecule has 0 saturated carbocycles. The third kappa shape index (κ3) is 3.27. The van der Waals surface area contributed by atoms with E-state index in [1.165, 1.54) is 32.4 Å². The summed E-state index contributed by atoms with van der Waals surface area (Å²) in [7, 11) is 2.24. The smallest absolute Gasteiger partial charge is 0.00189 e. The van der Waals surface area contributed by atoms with Gasteiger partial charge in [-0.2, -0.15) is 0 Å². The van der Waals surface area contributed by atoms with Gasteiger partial charge in [0, 0.05) is 0 Å². The highest BCUT2D eigenvalue weighted by molar-refractivity contribution is 4.83. The Morgan fingerprint density at radius 3 is 2.14 bits per heavy atom. The summed E-state index contributed by atoms with van der Waals surface area (Å²) >= 11 is 0. The van der Waals surface area contributed by atoms with E-state index in [2.05, 4.69) is 39.6 Å². The molecule has 1 nitrogen and oxygen atoms in total. The van der Waals surface area contributed by atoms with Crippen molar-refractivity contribution in [1.82, 2.24) is 4.90 Å². The lowest BCUT2D eigenvalue weighted by Crippen LogP contribution is -2.37. The van der Waals surface area contributed by atoms with E-state index >= 15 is 0 Å². The van der Waals surface area contributed by atoms with Crippen molar-refractivity contribution in [2.45, 2.75) is 47.0 Å². The predicted octanol–water partition coefficient (Wildman–Crippen LogP) is 3.40. The molecule has 1 saturated heterocycles. The van der Waals surface area contributed by atoms with Gasteiger partial charge in [-0.25, -0.2) is 0 Å². The van der Waals surface area contributed by atoms with Gasteiger partial charge in [0.1, 0.15) is 0 Å². The van der Waals surface area contributed by atoms with E-state index < -0.39 is 0 Å². The Labute approximate surface area is 89.9 Å². The van der Waals surface area contributed by atoms with Gasteiger partial charge in [0.05, 0.1) is 0 Å². The molecule has 0 N–H and O–H groups in total. The molecule has 0 aliphatic carbocycles. The van der Waals surface area contributed by atoms with Crippen molar-refractivity contribution in [3.63, 3.8) is 0 Å². The first-order chi connectivity index (χ1) is 6.42. The summed E-state index contributed by atoms with van der Waals surface area (Å²) in [6.45, 7) is 12.2. The molecule has 1 heterocycles. The van der Waals surface area contributed by atoms with E-state index in [0.29, 0.717) is 5.41 Å². The second-order valence-electron chi connectivity index (χ2n) is 6.16. The van der Waals surface area contributed by atoms with E-state index in [1.807, 2.05) is 0 Å². The van der Waals surface area contributed by atoms with Crippen molar-refractivity contribution in [2.75, 3.05) is 20.1 Å². The van der Waals surface area contributed by atoms with Crippen molar-refractivity contribution in [2.24, 2.45) is 17.3 Å². The molecule has 0 radical (unpaired) electrons. The molecule has 0 atom stereocenters. The van der Waals surface area contributed by atoms with E-state index in [4.69, 9.17) is 0 Å². The fraction of sp³-hybridized carbons (Fsp3) is 1.00. The van der Waals surface area contributed by atoms with Crippen LogP contribution in [-0.2, 0) is 0 Å². The monoisotopic (exact) mass is 197 g/mol. The standard InChI is InChI=1S/C13H27N/c1-11(2)10-13(3,4)12-6-8-14(5)9-7-12/h11-12H,6-10H2,1-5H3. The van der Waals surface area contributed by atoms with Gasteiger partial charge in [-0.1, -0.05) is 27.7 Å². The van der Waals surface area contributed by atoms with Crippen LogP contribution in [-0.4, -0.2) is 25.0 Å². The summed E-state index contributed by atoms with van der Waals surface area (Å²) in [5.41, 5.74) is 0.551. The fourth-order valence-corrected chi connectivity index (χ4v) is 3.01. The van der Waals surface area contributed by atoms with Crippen LogP contribution in [0.5, 0.6) is 0 Å². The molecule has 0 unspecified atom stereocenters. The van der Waals surface area contributed by atoms with Crippen LogP contribution in [0, 0.1) is 17.3 Å². The lowest BCUT2D eigenvalue weighted by molar-refractivity contribution is 0.0955. The largest absolute Gasteiger partial charge is 0.306 e. The molecule has 0 aromatic heterocycles. The fourth-order valence-electron chi connectivity index (χ4n) is 3.01. The Bertz CT molecular complexity index is 164. The molecule has 0 aromatic carbocycles. The van der Waals surface area contributed by atoms with Gasteiger partial charge in [0.25, 0.3) is 0 Å². The Morgan fingerprint density at radius 2 is 1.71 bits per heavy atom. The summed E-state index contributed by atoms with van der Waals surface area (Å²) < 4.78 is 0. The van der Waals surface area contributed by atoms with Gasteiger partial charge in [0.15, 0.2) is 0 Å². The van der Waals surface area contributed by atoms with E-state index in [9.17, 15) is 0 Å². The Hall–Kier alpha value is -0.0400. The molecule has 0 amide bonds. The third-order valence-corrected chi connectivity index (χ3v) is 3.76. The Morgan fingerprint density at radius 1 is 1.21 bits per heavy atom. The van der Waals surface area contributed by atoms with Gasteiger partial charge in [-0.05, 0) is 56.7 Å². The lowest BCUT2D eigenvalue weighted by atomic mass is 9.69. The maximum absolute atomic E-state index is 2.46. The molecule has 1 fully saturated rings. The highest BCUT2D eigenvalue weighted by Gasteiger charge is 2.31. The quantitative estimate of drug-likeness (QED) is 0.670. The molecular formula is C13H27N. The first-order valence-corrected chi connectivity index (χ1v) is 6.10. The highest BCUT2D eigenvalue weighted by atomic mass is 15.1. The van der Waals surface area contributed by atoms with Crippen molar-refractivity contribution >= 4 is 0 Å². The van der Waals surface area contributed by atoms with Crippen molar-refractivity contribution in [3.05, 3.63) is 0 Å². The summed E-state index contributed by atoms with van der Waals surface area (Å²) in [5, 5.41) is 0. The summed E-state index contributed by atoms with van der Waals surface area (Å²) in [6.07, 6.45) is 4.17. The molecule has 14 heavy (non-hydrogen) atoms. The molecule has 84 valence electrons. The molecule has 0 spiro atoms. The van der Waals surface area contributed by atoms with Crippen LogP contribution in [0.1, 0.15) is 47.0 Å². The molecule has 0 bridgehead atoms. The van der Waals surface area contributed by atoms with Crippen LogP contribution >= 0.6 is 0 Å². The number of hydrogen-bond donors (Lipinski definition) is 0. The number of hydrogen-bond acceptors (Lipinski definition) is 1. The van der Waals surface area contributed by atoms with Gasteiger partial charge >= 0.3 is 0 Å². The average molecular weight is 197 g/mol. The third-order valence-electron chi connectivity index (χ3n) is 3.76. The van der Waals surface area contributed by atoms with E-state index in [1.54, 1.807) is 0 Å². The van der Waals surface area contributed by atoms with Crippen LogP contribution in [0.4, 0.5) is 0 Å². The number of piperidine rings is 1. The first kappa shape index (κ1) is 12.0. The lowest BCUT2D eigenvalue weighted by Gasteiger charge is -2.40. The Kier molecular flexibility index (Phi) is 4.00. The predicted molar refractivity (Wildman–Crippen MR) is 63.5 cm³/mol. The maximum Gasteiger partial charge on any atom is -0.00189 e. The zero-order chi connectivity index (χ0) is 10.8. The van der Waals surface area contributed by atoms with E-state index in [0.717, 1.165) is 11.8 Å². The van der Waals surface area contributed by atoms with Crippen molar-refractivity contribution < 1.29 is 0 Å².